The van der Waals surface area contributed by atoms with E-state index in [1.54, 1.807) is 12.4 Å². The Morgan fingerprint density at radius 2 is 1.85 bits per heavy atom. The number of piperidine rings is 1. The van der Waals surface area contributed by atoms with Gasteiger partial charge in [0.1, 0.15) is 5.82 Å². The van der Waals surface area contributed by atoms with Crippen molar-refractivity contribution in [1.29, 1.82) is 0 Å². The third-order valence-corrected chi connectivity index (χ3v) is 6.59. The van der Waals surface area contributed by atoms with E-state index in [1.807, 2.05) is 33.6 Å². The van der Waals surface area contributed by atoms with Crippen LogP contribution in [0.5, 0.6) is 0 Å². The van der Waals surface area contributed by atoms with Crippen LogP contribution in [0.2, 0.25) is 0 Å². The van der Waals surface area contributed by atoms with E-state index in [-0.39, 0.29) is 0 Å². The first-order valence-corrected chi connectivity index (χ1v) is 11.6. The molecule has 6 heterocycles. The van der Waals surface area contributed by atoms with Gasteiger partial charge in [-0.15, -0.1) is 0 Å². The molecule has 0 amide bonds. The van der Waals surface area contributed by atoms with Crippen molar-refractivity contribution >= 4 is 11.5 Å². The zero-order chi connectivity index (χ0) is 22.2. The van der Waals surface area contributed by atoms with Gasteiger partial charge in [-0.3, -0.25) is 4.98 Å². The Kier molecular flexibility index (Phi) is 5.27. The molecule has 0 bridgehead atoms. The molecular formula is C24H28N8O. The monoisotopic (exact) mass is 444 g/mol. The predicted octanol–water partition coefficient (Wildman–Crippen LogP) is 2.62. The van der Waals surface area contributed by atoms with E-state index in [2.05, 4.69) is 34.0 Å². The molecule has 170 valence electrons. The minimum atomic E-state index is 0.473. The number of fused-ring (bicyclic) bond motifs is 1. The fraction of sp³-hybridized carbons (Fsp3) is 0.417. The minimum absolute atomic E-state index is 0.473. The molecule has 0 saturated carbocycles. The molecule has 9 nitrogen and oxygen atoms in total. The second kappa shape index (κ2) is 8.57. The Hall–Kier alpha value is -3.30. The number of aromatic nitrogens is 6. The zero-order valence-electron chi connectivity index (χ0n) is 18.8. The molecule has 2 saturated heterocycles. The summed E-state index contributed by atoms with van der Waals surface area (Å²) in [5.74, 6) is 2.29. The lowest BCUT2D eigenvalue weighted by atomic mass is 9.95. The quantitative estimate of drug-likeness (QED) is 0.479. The van der Waals surface area contributed by atoms with Gasteiger partial charge in [-0.1, -0.05) is 0 Å². The highest BCUT2D eigenvalue weighted by Gasteiger charge is 2.23. The molecule has 33 heavy (non-hydrogen) atoms. The lowest BCUT2D eigenvalue weighted by Gasteiger charge is -2.29. The van der Waals surface area contributed by atoms with Crippen LogP contribution in [0.3, 0.4) is 0 Å². The number of likely N-dealkylation sites (N-methyl/N-ethyl adjacent to an activating group) is 1. The number of likely N-dealkylation sites (tertiary alicyclic amines) is 1. The lowest BCUT2D eigenvalue weighted by molar-refractivity contribution is 0.122. The molecule has 0 N–H and O–H groups in total. The predicted molar refractivity (Wildman–Crippen MR) is 126 cm³/mol. The van der Waals surface area contributed by atoms with Gasteiger partial charge in [0.25, 0.3) is 0 Å². The molecule has 4 aromatic heterocycles. The molecule has 1 atom stereocenters. The highest BCUT2D eigenvalue weighted by Crippen LogP contribution is 2.27. The average molecular weight is 445 g/mol. The highest BCUT2D eigenvalue weighted by atomic mass is 16.5. The van der Waals surface area contributed by atoms with Gasteiger partial charge in [0.05, 0.1) is 24.6 Å². The molecule has 2 fully saturated rings. The molecule has 2 aliphatic heterocycles. The summed E-state index contributed by atoms with van der Waals surface area (Å²) in [5.41, 5.74) is 3.84. The lowest BCUT2D eigenvalue weighted by Crippen LogP contribution is -2.37. The zero-order valence-corrected chi connectivity index (χ0v) is 18.8. The van der Waals surface area contributed by atoms with Gasteiger partial charge in [-0.05, 0) is 44.6 Å². The van der Waals surface area contributed by atoms with Crippen LogP contribution in [-0.4, -0.2) is 80.7 Å². The molecule has 0 spiro atoms. The first-order valence-electron chi connectivity index (χ1n) is 11.6. The summed E-state index contributed by atoms with van der Waals surface area (Å²) in [6.07, 6.45) is 8.01. The number of pyridine rings is 1. The van der Waals surface area contributed by atoms with E-state index in [0.29, 0.717) is 19.1 Å². The van der Waals surface area contributed by atoms with Crippen molar-refractivity contribution in [3.63, 3.8) is 0 Å². The first kappa shape index (κ1) is 20.3. The summed E-state index contributed by atoms with van der Waals surface area (Å²) in [6, 6.07) is 10.2. The van der Waals surface area contributed by atoms with Crippen molar-refractivity contribution in [2.24, 2.45) is 0 Å². The molecule has 0 radical (unpaired) electrons. The Balaban J connectivity index is 1.42. The van der Waals surface area contributed by atoms with Crippen LogP contribution >= 0.6 is 0 Å². The number of hydrogen-bond acceptors (Lipinski definition) is 7. The third-order valence-electron chi connectivity index (χ3n) is 6.59. The van der Waals surface area contributed by atoms with Crippen LogP contribution in [0.4, 0.5) is 5.82 Å². The number of anilines is 1. The molecular weight excluding hydrogens is 416 g/mol. The largest absolute Gasteiger partial charge is 0.378 e. The summed E-state index contributed by atoms with van der Waals surface area (Å²) in [5, 5.41) is 9.83. The topological polar surface area (TPSA) is 76.6 Å². The molecule has 1 unspecified atom stereocenters. The second-order valence-electron chi connectivity index (χ2n) is 8.89. The third kappa shape index (κ3) is 3.98. The standard InChI is InChI=1S/C24H28N8O/c1-29-9-2-3-19(17-29)20-6-10-31(27-20)22-16-24(30-11-13-33-14-12-30)32-23(26-22)15-21(28-32)18-4-7-25-8-5-18/h4-8,10,15-16,19H,2-3,9,11-14,17H2,1H3. The van der Waals surface area contributed by atoms with Gasteiger partial charge < -0.3 is 14.5 Å². The van der Waals surface area contributed by atoms with E-state index in [0.717, 1.165) is 53.9 Å². The fourth-order valence-corrected chi connectivity index (χ4v) is 4.84. The minimum Gasteiger partial charge on any atom is -0.378 e. The maximum Gasteiger partial charge on any atom is 0.160 e. The van der Waals surface area contributed by atoms with E-state index in [9.17, 15) is 0 Å². The summed E-state index contributed by atoms with van der Waals surface area (Å²) >= 11 is 0. The van der Waals surface area contributed by atoms with Crippen molar-refractivity contribution in [3.8, 4) is 17.1 Å². The normalized spacial score (nSPS) is 19.9. The summed E-state index contributed by atoms with van der Waals surface area (Å²) in [6.45, 7) is 5.28. The van der Waals surface area contributed by atoms with Crippen LogP contribution in [0.1, 0.15) is 24.5 Å². The van der Waals surface area contributed by atoms with Crippen molar-refractivity contribution in [1.82, 2.24) is 34.3 Å². The van der Waals surface area contributed by atoms with E-state index >= 15 is 0 Å². The maximum absolute atomic E-state index is 5.59. The Morgan fingerprint density at radius 3 is 2.67 bits per heavy atom. The van der Waals surface area contributed by atoms with E-state index in [1.165, 1.54) is 19.4 Å². The van der Waals surface area contributed by atoms with Gasteiger partial charge in [0.15, 0.2) is 11.5 Å². The maximum atomic E-state index is 5.59. The van der Waals surface area contributed by atoms with Crippen molar-refractivity contribution in [3.05, 3.63) is 54.6 Å². The molecule has 4 aromatic rings. The van der Waals surface area contributed by atoms with Gasteiger partial charge in [0, 0.05) is 61.8 Å². The Morgan fingerprint density at radius 1 is 1.00 bits per heavy atom. The summed E-state index contributed by atoms with van der Waals surface area (Å²) in [4.78, 5) is 13.8. The number of nitrogens with zero attached hydrogens (tertiary/aromatic N) is 8. The van der Waals surface area contributed by atoms with Gasteiger partial charge in [-0.25, -0.2) is 9.67 Å². The van der Waals surface area contributed by atoms with Crippen LogP contribution in [-0.2, 0) is 4.74 Å². The number of hydrogen-bond donors (Lipinski definition) is 0. The number of morpholine rings is 1. The van der Waals surface area contributed by atoms with Crippen LogP contribution in [0, 0.1) is 0 Å². The molecule has 2 aliphatic rings. The SMILES string of the molecule is CN1CCCC(c2ccn(-c3cc(N4CCOCC4)n4nc(-c5ccncc5)cc4n3)n2)C1. The summed E-state index contributed by atoms with van der Waals surface area (Å²) in [7, 11) is 2.19. The second-order valence-corrected chi connectivity index (χ2v) is 8.89. The van der Waals surface area contributed by atoms with Crippen LogP contribution in [0.15, 0.2) is 48.9 Å². The van der Waals surface area contributed by atoms with Crippen molar-refractivity contribution in [2.45, 2.75) is 18.8 Å². The van der Waals surface area contributed by atoms with Gasteiger partial charge in [-0.2, -0.15) is 14.7 Å². The summed E-state index contributed by atoms with van der Waals surface area (Å²) < 4.78 is 9.43. The first-order chi connectivity index (χ1) is 16.2. The Bertz CT molecular complexity index is 1240. The van der Waals surface area contributed by atoms with Crippen LogP contribution in [0.25, 0.3) is 22.7 Å². The molecule has 9 heteroatoms. The average Bonchev–Trinajstić information content (AvgIpc) is 3.52. The highest BCUT2D eigenvalue weighted by molar-refractivity contribution is 5.66. The smallest absolute Gasteiger partial charge is 0.160 e. The van der Waals surface area contributed by atoms with E-state index < -0.39 is 0 Å². The molecule has 6 rings (SSSR count). The number of ether oxygens (including phenoxy) is 1. The molecule has 0 aliphatic carbocycles. The van der Waals surface area contributed by atoms with Gasteiger partial charge in [0.2, 0.25) is 0 Å². The van der Waals surface area contributed by atoms with Crippen molar-refractivity contribution < 1.29 is 4.74 Å². The van der Waals surface area contributed by atoms with Gasteiger partial charge >= 0.3 is 0 Å². The van der Waals surface area contributed by atoms with Crippen LogP contribution < -0.4 is 4.90 Å². The van der Waals surface area contributed by atoms with Crippen molar-refractivity contribution in [2.75, 3.05) is 51.3 Å². The fourth-order valence-electron chi connectivity index (χ4n) is 4.84. The van der Waals surface area contributed by atoms with E-state index in [4.69, 9.17) is 19.9 Å². The molecule has 0 aromatic carbocycles. The number of rotatable bonds is 4. The Labute approximate surface area is 192 Å².